The van der Waals surface area contributed by atoms with Crippen molar-refractivity contribution in [2.24, 2.45) is 12.0 Å². The van der Waals surface area contributed by atoms with Gasteiger partial charge in [0.05, 0.1) is 72.2 Å². The minimum Gasteiger partial charge on any atom is -0.378 e. The molecule has 0 spiro atoms. The quantitative estimate of drug-likeness (QED) is 0.326. The number of aryl methyl sites for hydroxylation is 1. The number of benzene rings is 1. The van der Waals surface area contributed by atoms with Crippen LogP contribution in [0.4, 0.5) is 0 Å². The highest BCUT2D eigenvalue weighted by molar-refractivity contribution is 6.11. The van der Waals surface area contributed by atoms with Crippen LogP contribution in [0.25, 0.3) is 28.0 Å². The average Bonchev–Trinajstić information content (AvgIpc) is 3.68. The molecule has 42 heavy (non-hydrogen) atoms. The number of carbonyl (C=O) groups excluding carboxylic acids is 1. The van der Waals surface area contributed by atoms with E-state index >= 15 is 0 Å². The molecule has 2 aliphatic rings. The van der Waals surface area contributed by atoms with E-state index in [1.54, 1.807) is 28.0 Å². The predicted octanol–water partition coefficient (Wildman–Crippen LogP) is 3.38. The Morgan fingerprint density at radius 2 is 1.93 bits per heavy atom. The van der Waals surface area contributed by atoms with E-state index in [9.17, 15) is 4.79 Å². The van der Waals surface area contributed by atoms with Crippen LogP contribution >= 0.6 is 0 Å². The third-order valence-electron chi connectivity index (χ3n) is 7.86. The number of hydrogen-bond acceptors (Lipinski definition) is 8. The molecule has 0 aliphatic carbocycles. The second-order valence-electron chi connectivity index (χ2n) is 11.9. The van der Waals surface area contributed by atoms with Gasteiger partial charge in [-0.25, -0.2) is 19.2 Å². The van der Waals surface area contributed by atoms with Gasteiger partial charge in [-0.15, -0.1) is 5.10 Å². The van der Waals surface area contributed by atoms with E-state index in [1.165, 1.54) is 0 Å². The van der Waals surface area contributed by atoms with Gasteiger partial charge < -0.3 is 4.74 Å². The maximum Gasteiger partial charge on any atom is 0.299 e. The Bertz CT molecular complexity index is 1840. The molecule has 214 valence electrons. The predicted molar refractivity (Wildman–Crippen MR) is 156 cm³/mol. The van der Waals surface area contributed by atoms with Gasteiger partial charge in [-0.05, 0) is 38.5 Å². The molecular formula is C30H32N10O2. The van der Waals surface area contributed by atoms with Crippen LogP contribution in [0.3, 0.4) is 0 Å². The van der Waals surface area contributed by atoms with E-state index < -0.39 is 0 Å². The summed E-state index contributed by atoms with van der Waals surface area (Å²) in [5.41, 5.74) is 7.17. The van der Waals surface area contributed by atoms with Crippen LogP contribution < -0.4 is 0 Å². The summed E-state index contributed by atoms with van der Waals surface area (Å²) in [6.45, 7) is 8.96. The average molecular weight is 565 g/mol. The Hall–Kier alpha value is -4.55. The molecule has 7 rings (SSSR count). The summed E-state index contributed by atoms with van der Waals surface area (Å²) < 4.78 is 10.8. The minimum atomic E-state index is -0.386. The maximum absolute atomic E-state index is 13.3. The van der Waals surface area contributed by atoms with Crippen LogP contribution in [0.2, 0.25) is 0 Å². The molecule has 4 aromatic heterocycles. The zero-order chi connectivity index (χ0) is 29.0. The standard InChI is InChI=1S/C30H32N10O2/c1-30(2,3)40-16-26(35-36-40)29(41)34-24-8-10-38(22-17-42-18-22)14-20-11-19(5-6-23(20)24)28-27-7-9-31-39(27)15-25(33-28)21-12-32-37(4)13-21/h5-7,9,11-13,15-16,22H,8,10,14,17-18H2,1-4H3. The van der Waals surface area contributed by atoms with Crippen molar-refractivity contribution >= 4 is 17.1 Å². The highest BCUT2D eigenvalue weighted by Gasteiger charge is 2.30. The lowest BCUT2D eigenvalue weighted by atomic mass is 9.97. The fourth-order valence-electron chi connectivity index (χ4n) is 5.40. The molecular weight excluding hydrogens is 532 g/mol. The first-order valence-electron chi connectivity index (χ1n) is 14.1. The maximum atomic E-state index is 13.3. The largest absolute Gasteiger partial charge is 0.378 e. The Morgan fingerprint density at radius 1 is 1.07 bits per heavy atom. The molecule has 0 bridgehead atoms. The van der Waals surface area contributed by atoms with Gasteiger partial charge in [-0.1, -0.05) is 17.3 Å². The molecule has 2 aliphatic heterocycles. The van der Waals surface area contributed by atoms with E-state index in [2.05, 4.69) is 48.6 Å². The van der Waals surface area contributed by atoms with Gasteiger partial charge in [-0.3, -0.25) is 14.4 Å². The monoisotopic (exact) mass is 564 g/mol. The normalized spacial score (nSPS) is 17.4. The lowest BCUT2D eigenvalue weighted by molar-refractivity contribution is -0.0667. The molecule has 12 nitrogen and oxygen atoms in total. The molecule has 0 radical (unpaired) electrons. The lowest BCUT2D eigenvalue weighted by Crippen LogP contribution is -2.48. The molecule has 0 unspecified atom stereocenters. The molecule has 1 amide bonds. The first kappa shape index (κ1) is 26.4. The SMILES string of the molecule is Cn1cc(-c2cn3nccc3c(-c3ccc4c(c3)CN(C3COC3)CCC4=NC(=O)c3cn(C(C)(C)C)nn3)n2)cn1. The molecule has 0 atom stereocenters. The van der Waals surface area contributed by atoms with E-state index in [1.807, 2.05) is 50.8 Å². The minimum absolute atomic E-state index is 0.239. The van der Waals surface area contributed by atoms with Crippen LogP contribution in [-0.2, 0) is 23.9 Å². The van der Waals surface area contributed by atoms with Gasteiger partial charge in [0, 0.05) is 49.4 Å². The van der Waals surface area contributed by atoms with Crippen molar-refractivity contribution in [1.82, 2.24) is 44.3 Å². The van der Waals surface area contributed by atoms with Crippen LogP contribution in [0.1, 0.15) is 48.8 Å². The van der Waals surface area contributed by atoms with Crippen LogP contribution in [0, 0.1) is 0 Å². The fraction of sp³-hybridized carbons (Fsp3) is 0.367. The van der Waals surface area contributed by atoms with Gasteiger partial charge in [0.15, 0.2) is 5.69 Å². The van der Waals surface area contributed by atoms with Gasteiger partial charge in [0.2, 0.25) is 0 Å². The summed E-state index contributed by atoms with van der Waals surface area (Å²) in [5, 5.41) is 17.1. The molecule has 0 saturated carbocycles. The first-order chi connectivity index (χ1) is 20.2. The first-order valence-corrected chi connectivity index (χ1v) is 14.1. The second kappa shape index (κ2) is 10.1. The van der Waals surface area contributed by atoms with Crippen molar-refractivity contribution in [3.05, 3.63) is 72.1 Å². The highest BCUT2D eigenvalue weighted by Crippen LogP contribution is 2.31. The van der Waals surface area contributed by atoms with Crippen molar-refractivity contribution in [2.75, 3.05) is 19.8 Å². The van der Waals surface area contributed by atoms with Crippen molar-refractivity contribution < 1.29 is 9.53 Å². The van der Waals surface area contributed by atoms with Crippen molar-refractivity contribution in [1.29, 1.82) is 0 Å². The van der Waals surface area contributed by atoms with Gasteiger partial charge in [0.25, 0.3) is 5.91 Å². The van der Waals surface area contributed by atoms with E-state index in [-0.39, 0.29) is 17.1 Å². The Balaban J connectivity index is 1.30. The van der Waals surface area contributed by atoms with Crippen molar-refractivity contribution in [2.45, 2.75) is 45.3 Å². The zero-order valence-electron chi connectivity index (χ0n) is 24.1. The molecule has 5 aromatic rings. The number of rotatable bonds is 4. The number of fused-ring (bicyclic) bond motifs is 2. The number of hydrogen-bond donors (Lipinski definition) is 0. The Morgan fingerprint density at radius 3 is 2.64 bits per heavy atom. The van der Waals surface area contributed by atoms with Crippen LogP contribution in [0.15, 0.2) is 60.2 Å². The van der Waals surface area contributed by atoms with Gasteiger partial charge >= 0.3 is 0 Å². The summed E-state index contributed by atoms with van der Waals surface area (Å²) in [6.07, 6.45) is 9.76. The van der Waals surface area contributed by atoms with Crippen LogP contribution in [-0.4, -0.2) is 81.7 Å². The molecule has 0 N–H and O–H groups in total. The Labute approximate surface area is 242 Å². The fourth-order valence-corrected chi connectivity index (χ4v) is 5.40. The second-order valence-corrected chi connectivity index (χ2v) is 11.9. The highest BCUT2D eigenvalue weighted by atomic mass is 16.5. The zero-order valence-corrected chi connectivity index (χ0v) is 24.1. The van der Waals surface area contributed by atoms with Gasteiger partial charge in [-0.2, -0.15) is 10.2 Å². The summed E-state index contributed by atoms with van der Waals surface area (Å²) >= 11 is 0. The van der Waals surface area contributed by atoms with Gasteiger partial charge in [0.1, 0.15) is 0 Å². The number of amides is 1. The molecule has 12 heteroatoms. The van der Waals surface area contributed by atoms with E-state index in [0.717, 1.165) is 58.0 Å². The molecule has 1 fully saturated rings. The van der Waals surface area contributed by atoms with Crippen LogP contribution in [0.5, 0.6) is 0 Å². The van der Waals surface area contributed by atoms with E-state index in [4.69, 9.17) is 9.72 Å². The third-order valence-corrected chi connectivity index (χ3v) is 7.86. The number of ether oxygens (including phenoxy) is 1. The molecule has 1 aromatic carbocycles. The van der Waals surface area contributed by atoms with E-state index in [0.29, 0.717) is 25.7 Å². The lowest BCUT2D eigenvalue weighted by Gasteiger charge is -2.36. The summed E-state index contributed by atoms with van der Waals surface area (Å²) in [6, 6.07) is 8.60. The van der Waals surface area contributed by atoms with Crippen molar-refractivity contribution in [3.8, 4) is 22.5 Å². The number of carbonyl (C=O) groups is 1. The summed E-state index contributed by atoms with van der Waals surface area (Å²) in [4.78, 5) is 25.4. The molecule has 1 saturated heterocycles. The topological polar surface area (TPSA) is 121 Å². The number of aromatic nitrogens is 8. The smallest absolute Gasteiger partial charge is 0.299 e. The Kier molecular flexibility index (Phi) is 6.32. The third kappa shape index (κ3) is 4.82. The molecule has 6 heterocycles. The van der Waals surface area contributed by atoms with Crippen molar-refractivity contribution in [3.63, 3.8) is 0 Å². The summed E-state index contributed by atoms with van der Waals surface area (Å²) in [7, 11) is 1.89. The number of aliphatic imine (C=N–C) groups is 1. The number of nitrogens with zero attached hydrogens (tertiary/aromatic N) is 10. The summed E-state index contributed by atoms with van der Waals surface area (Å²) in [5.74, 6) is -0.386.